The fourth-order valence-corrected chi connectivity index (χ4v) is 1.38. The van der Waals surface area contributed by atoms with E-state index in [0.29, 0.717) is 0 Å². The molecule has 0 spiro atoms. The summed E-state index contributed by atoms with van der Waals surface area (Å²) in [5.41, 5.74) is 0.283. The predicted octanol–water partition coefficient (Wildman–Crippen LogP) is 1.08. The van der Waals surface area contributed by atoms with Crippen molar-refractivity contribution < 1.29 is 29.3 Å². The normalized spacial score (nSPS) is 10.8. The summed E-state index contributed by atoms with van der Waals surface area (Å²) in [6.45, 7) is 9.30. The van der Waals surface area contributed by atoms with E-state index in [0.717, 1.165) is 0 Å². The van der Waals surface area contributed by atoms with Gasteiger partial charge in [-0.3, -0.25) is 0 Å². The molecule has 0 unspecified atom stereocenters. The lowest BCUT2D eigenvalue weighted by molar-refractivity contribution is -0.231. The molecule has 0 aromatic carbocycles. The fourth-order valence-electron chi connectivity index (χ4n) is 1.38. The lowest BCUT2D eigenvalue weighted by atomic mass is 10.1. The van der Waals surface area contributed by atoms with E-state index in [2.05, 4.69) is 13.2 Å². The van der Waals surface area contributed by atoms with Crippen molar-refractivity contribution in [3.8, 4) is 0 Å². The molecule has 0 atom stereocenters. The van der Waals surface area contributed by atoms with Crippen molar-refractivity contribution in [2.75, 3.05) is 13.2 Å². The van der Waals surface area contributed by atoms with Crippen LogP contribution in [0.5, 0.6) is 0 Å². The molecule has 6 nitrogen and oxygen atoms in total. The van der Waals surface area contributed by atoms with Crippen molar-refractivity contribution in [1.29, 1.82) is 0 Å². The number of hydrogen-bond acceptors (Lipinski definition) is 6. The Kier molecular flexibility index (Phi) is 7.79. The highest BCUT2D eigenvalue weighted by Crippen LogP contribution is 2.26. The van der Waals surface area contributed by atoms with Crippen molar-refractivity contribution in [1.82, 2.24) is 0 Å². The molecule has 0 heterocycles. The van der Waals surface area contributed by atoms with E-state index in [1.165, 1.54) is 13.8 Å². The van der Waals surface area contributed by atoms with Gasteiger partial charge in [-0.15, -0.1) is 0 Å². The number of esters is 2. The molecule has 0 aliphatic carbocycles. The molecule has 0 saturated carbocycles. The second kappa shape index (κ2) is 8.50. The molecule has 0 saturated heterocycles. The average Bonchev–Trinajstić information content (AvgIpc) is 2.36. The lowest BCUT2D eigenvalue weighted by Gasteiger charge is -2.32. The Balaban J connectivity index is 5.21. The molecule has 0 rings (SSSR count). The predicted molar refractivity (Wildman–Crippen MR) is 72.6 cm³/mol. The van der Waals surface area contributed by atoms with Gasteiger partial charge in [0.05, 0.1) is 6.61 Å². The van der Waals surface area contributed by atoms with Crippen LogP contribution in [0.4, 0.5) is 0 Å². The molecule has 20 heavy (non-hydrogen) atoms. The van der Waals surface area contributed by atoms with Crippen LogP contribution in [-0.2, 0) is 19.1 Å². The van der Waals surface area contributed by atoms with E-state index < -0.39 is 17.7 Å². The first-order valence-corrected chi connectivity index (χ1v) is 6.27. The molecular weight excluding hydrogens is 264 g/mol. The summed E-state index contributed by atoms with van der Waals surface area (Å²) in [5.74, 6) is -3.08. The summed E-state index contributed by atoms with van der Waals surface area (Å²) in [5, 5.41) is 18.0. The third-order valence-corrected chi connectivity index (χ3v) is 2.46. The van der Waals surface area contributed by atoms with Gasteiger partial charge < -0.3 is 19.7 Å². The van der Waals surface area contributed by atoms with Gasteiger partial charge in [-0.25, -0.2) is 9.59 Å². The van der Waals surface area contributed by atoms with Crippen molar-refractivity contribution in [2.45, 2.75) is 38.9 Å². The largest absolute Gasteiger partial charge is 0.419 e. The number of aliphatic hydroxyl groups excluding tert-OH is 2. The van der Waals surface area contributed by atoms with Crippen LogP contribution < -0.4 is 0 Å². The molecule has 0 aromatic heterocycles. The van der Waals surface area contributed by atoms with Crippen molar-refractivity contribution in [3.63, 3.8) is 0 Å². The molecule has 0 aromatic rings. The van der Waals surface area contributed by atoms with Crippen LogP contribution >= 0.6 is 0 Å². The Morgan fingerprint density at radius 3 is 1.70 bits per heavy atom. The second-order valence-electron chi connectivity index (χ2n) is 4.55. The minimum atomic E-state index is -1.62. The van der Waals surface area contributed by atoms with Gasteiger partial charge in [0, 0.05) is 30.6 Å². The Hall–Kier alpha value is -1.66. The average molecular weight is 286 g/mol. The van der Waals surface area contributed by atoms with Crippen LogP contribution in [-0.4, -0.2) is 41.2 Å². The Bertz CT molecular complexity index is 357. The van der Waals surface area contributed by atoms with Crippen molar-refractivity contribution in [3.05, 3.63) is 24.3 Å². The standard InChI is InChI=1S/C14H22O6/c1-10(2)12(17)19-14(7-9-16,6-5-8-15)20-13(18)11(3)4/h15-16H,1,3,5-9H2,2,4H3. The summed E-state index contributed by atoms with van der Waals surface area (Å²) in [4.78, 5) is 23.3. The zero-order valence-corrected chi connectivity index (χ0v) is 12.0. The second-order valence-corrected chi connectivity index (χ2v) is 4.55. The summed E-state index contributed by atoms with van der Waals surface area (Å²) in [7, 11) is 0. The topological polar surface area (TPSA) is 93.1 Å². The zero-order chi connectivity index (χ0) is 15.8. The molecular formula is C14H22O6. The van der Waals surface area contributed by atoms with Crippen LogP contribution in [0.25, 0.3) is 0 Å². The van der Waals surface area contributed by atoms with Crippen LogP contribution in [0.15, 0.2) is 24.3 Å². The molecule has 0 radical (unpaired) electrons. The van der Waals surface area contributed by atoms with E-state index >= 15 is 0 Å². The highest BCUT2D eigenvalue weighted by atomic mass is 16.7. The third-order valence-electron chi connectivity index (χ3n) is 2.46. The first-order chi connectivity index (χ1) is 9.28. The SMILES string of the molecule is C=C(C)C(=O)OC(CCO)(CCCO)OC(=O)C(=C)C. The van der Waals surface area contributed by atoms with E-state index in [1.807, 2.05) is 0 Å². The summed E-state index contributed by atoms with van der Waals surface area (Å²) >= 11 is 0. The maximum absolute atomic E-state index is 11.7. The first-order valence-electron chi connectivity index (χ1n) is 6.27. The van der Waals surface area contributed by atoms with Gasteiger partial charge in [0.25, 0.3) is 5.79 Å². The van der Waals surface area contributed by atoms with Gasteiger partial charge in [0.2, 0.25) is 0 Å². The molecule has 0 bridgehead atoms. The quantitative estimate of drug-likeness (QED) is 0.374. The number of carbonyl (C=O) groups excluding carboxylic acids is 2. The molecule has 2 N–H and O–H groups in total. The summed E-state index contributed by atoms with van der Waals surface area (Å²) in [6.07, 6.45) is 0.222. The van der Waals surface area contributed by atoms with Gasteiger partial charge in [0.15, 0.2) is 0 Å². The van der Waals surface area contributed by atoms with E-state index in [9.17, 15) is 9.59 Å². The smallest absolute Gasteiger partial charge is 0.336 e. The van der Waals surface area contributed by atoms with Crippen LogP contribution in [0.1, 0.15) is 33.1 Å². The Morgan fingerprint density at radius 1 is 0.950 bits per heavy atom. The van der Waals surface area contributed by atoms with Crippen LogP contribution in [0, 0.1) is 0 Å². The number of hydrogen-bond donors (Lipinski definition) is 2. The number of ether oxygens (including phenoxy) is 2. The summed E-state index contributed by atoms with van der Waals surface area (Å²) in [6, 6.07) is 0. The maximum Gasteiger partial charge on any atom is 0.336 e. The number of aliphatic hydroxyl groups is 2. The highest BCUT2D eigenvalue weighted by Gasteiger charge is 2.38. The molecule has 0 aliphatic heterocycles. The highest BCUT2D eigenvalue weighted by molar-refractivity contribution is 5.89. The van der Waals surface area contributed by atoms with E-state index in [-0.39, 0.29) is 43.6 Å². The van der Waals surface area contributed by atoms with Crippen LogP contribution in [0.2, 0.25) is 0 Å². The number of rotatable bonds is 9. The lowest BCUT2D eigenvalue weighted by Crippen LogP contribution is -2.41. The van der Waals surface area contributed by atoms with Crippen molar-refractivity contribution >= 4 is 11.9 Å². The van der Waals surface area contributed by atoms with Gasteiger partial charge in [-0.2, -0.15) is 0 Å². The first kappa shape index (κ1) is 18.3. The van der Waals surface area contributed by atoms with Crippen molar-refractivity contribution in [2.24, 2.45) is 0 Å². The molecule has 0 amide bonds. The van der Waals surface area contributed by atoms with E-state index in [1.54, 1.807) is 0 Å². The zero-order valence-electron chi connectivity index (χ0n) is 12.0. The van der Waals surface area contributed by atoms with Gasteiger partial charge in [0.1, 0.15) is 0 Å². The van der Waals surface area contributed by atoms with E-state index in [4.69, 9.17) is 19.7 Å². The minimum absolute atomic E-state index is 0.0715. The minimum Gasteiger partial charge on any atom is -0.419 e. The van der Waals surface area contributed by atoms with Crippen LogP contribution in [0.3, 0.4) is 0 Å². The third kappa shape index (κ3) is 5.99. The molecule has 0 fully saturated rings. The monoisotopic (exact) mass is 286 g/mol. The molecule has 6 heteroatoms. The van der Waals surface area contributed by atoms with Gasteiger partial charge in [-0.05, 0) is 20.3 Å². The number of carbonyl (C=O) groups is 2. The van der Waals surface area contributed by atoms with Gasteiger partial charge in [-0.1, -0.05) is 13.2 Å². The maximum atomic E-state index is 11.7. The Morgan fingerprint density at radius 2 is 1.40 bits per heavy atom. The molecule has 0 aliphatic rings. The fraction of sp³-hybridized carbons (Fsp3) is 0.571. The summed E-state index contributed by atoms with van der Waals surface area (Å²) < 4.78 is 10.3. The molecule has 114 valence electrons. The van der Waals surface area contributed by atoms with Gasteiger partial charge >= 0.3 is 11.9 Å². The Labute approximate surface area is 118 Å².